The highest BCUT2D eigenvalue weighted by atomic mass is 32.1. The van der Waals surface area contributed by atoms with Crippen molar-refractivity contribution in [1.29, 1.82) is 0 Å². The van der Waals surface area contributed by atoms with E-state index in [4.69, 9.17) is 4.74 Å². The number of nitrogens with zero attached hydrogens (tertiary/aromatic N) is 1. The minimum absolute atomic E-state index is 0.846. The van der Waals surface area contributed by atoms with E-state index in [1.54, 1.807) is 0 Å². The number of thiol groups is 1. The Morgan fingerprint density at radius 2 is 1.67 bits per heavy atom. The lowest BCUT2D eigenvalue weighted by atomic mass is 10.1. The first kappa shape index (κ1) is 16.5. The third kappa shape index (κ3) is 5.82. The Bertz CT molecular complexity index is 397. The van der Waals surface area contributed by atoms with Crippen molar-refractivity contribution in [3.8, 4) is 5.75 Å². The molecule has 21 heavy (non-hydrogen) atoms. The summed E-state index contributed by atoms with van der Waals surface area (Å²) in [6.45, 7) is 3.13. The predicted molar refractivity (Wildman–Crippen MR) is 94.9 cm³/mol. The highest BCUT2D eigenvalue weighted by molar-refractivity contribution is 7.80. The van der Waals surface area contributed by atoms with Crippen LogP contribution >= 0.6 is 12.6 Å². The van der Waals surface area contributed by atoms with Gasteiger partial charge in [-0.3, -0.25) is 0 Å². The summed E-state index contributed by atoms with van der Waals surface area (Å²) in [5.41, 5.74) is 1.28. The van der Waals surface area contributed by atoms with Gasteiger partial charge < -0.3 is 9.64 Å². The van der Waals surface area contributed by atoms with Crippen molar-refractivity contribution in [3.05, 3.63) is 24.3 Å². The van der Waals surface area contributed by atoms with E-state index in [9.17, 15) is 0 Å². The van der Waals surface area contributed by atoms with Crippen molar-refractivity contribution in [2.24, 2.45) is 0 Å². The molecule has 0 atom stereocenters. The molecule has 2 rings (SSSR count). The van der Waals surface area contributed by atoms with Gasteiger partial charge in [0.15, 0.2) is 0 Å². The molecule has 0 unspecified atom stereocenters. The highest BCUT2D eigenvalue weighted by Gasteiger charge is 2.14. The average Bonchev–Trinajstić information content (AvgIpc) is 2.72. The third-order valence-electron chi connectivity index (χ3n) is 4.12. The van der Waals surface area contributed by atoms with E-state index in [0.29, 0.717) is 0 Å². The molecule has 2 nitrogen and oxygen atoms in total. The van der Waals surface area contributed by atoms with E-state index in [-0.39, 0.29) is 0 Å². The van der Waals surface area contributed by atoms with Crippen molar-refractivity contribution in [2.75, 3.05) is 30.3 Å². The molecule has 1 aliphatic rings. The fourth-order valence-corrected chi connectivity index (χ4v) is 3.15. The Morgan fingerprint density at radius 1 is 0.952 bits per heavy atom. The summed E-state index contributed by atoms with van der Waals surface area (Å²) in [5, 5.41) is 0. The van der Waals surface area contributed by atoms with Gasteiger partial charge in [0.05, 0.1) is 12.3 Å². The van der Waals surface area contributed by atoms with Gasteiger partial charge in [-0.25, -0.2) is 0 Å². The van der Waals surface area contributed by atoms with Gasteiger partial charge in [-0.1, -0.05) is 44.2 Å². The van der Waals surface area contributed by atoms with Crippen LogP contribution in [0, 0.1) is 0 Å². The molecule has 0 spiro atoms. The number of ether oxygens (including phenoxy) is 1. The average molecular weight is 308 g/mol. The van der Waals surface area contributed by atoms with Gasteiger partial charge in [-0.15, -0.1) is 0 Å². The van der Waals surface area contributed by atoms with Gasteiger partial charge in [0.1, 0.15) is 5.75 Å². The highest BCUT2D eigenvalue weighted by Crippen LogP contribution is 2.30. The maximum absolute atomic E-state index is 5.81. The summed E-state index contributed by atoms with van der Waals surface area (Å²) in [5.74, 6) is 2.10. The Kier molecular flexibility index (Phi) is 7.87. The number of benzene rings is 1. The molecule has 0 radical (unpaired) electrons. The van der Waals surface area contributed by atoms with Crippen molar-refractivity contribution in [1.82, 2.24) is 0 Å². The van der Waals surface area contributed by atoms with E-state index in [0.717, 1.165) is 37.6 Å². The first-order chi connectivity index (χ1) is 10.4. The van der Waals surface area contributed by atoms with E-state index in [1.807, 2.05) is 0 Å². The van der Waals surface area contributed by atoms with Crippen LogP contribution in [-0.2, 0) is 0 Å². The fraction of sp³-hybridized carbons (Fsp3) is 0.667. The SMILES string of the molecule is SCCCCCCCCCN1CCCOc2ccccc21. The lowest BCUT2D eigenvalue weighted by Crippen LogP contribution is -2.24. The van der Waals surface area contributed by atoms with Crippen LogP contribution in [0.3, 0.4) is 0 Å². The Morgan fingerprint density at radius 3 is 2.48 bits per heavy atom. The van der Waals surface area contributed by atoms with Crippen LogP contribution in [0.5, 0.6) is 5.75 Å². The third-order valence-corrected chi connectivity index (χ3v) is 4.44. The Balaban J connectivity index is 1.66. The molecule has 3 heteroatoms. The Hall–Kier alpha value is -0.830. The minimum Gasteiger partial charge on any atom is -0.491 e. The van der Waals surface area contributed by atoms with Crippen LogP contribution in [0.2, 0.25) is 0 Å². The normalized spacial score (nSPS) is 14.4. The summed E-state index contributed by atoms with van der Waals surface area (Å²) < 4.78 is 5.81. The molecule has 0 aliphatic carbocycles. The first-order valence-corrected chi connectivity index (χ1v) is 9.12. The number of fused-ring (bicyclic) bond motifs is 1. The van der Waals surface area contributed by atoms with Crippen LogP contribution in [0.4, 0.5) is 5.69 Å². The summed E-state index contributed by atoms with van der Waals surface area (Å²) in [6, 6.07) is 8.46. The van der Waals surface area contributed by atoms with Gasteiger partial charge in [-0.2, -0.15) is 12.6 Å². The second-order valence-electron chi connectivity index (χ2n) is 5.86. The number of rotatable bonds is 9. The van der Waals surface area contributed by atoms with E-state index in [1.165, 1.54) is 50.6 Å². The quantitative estimate of drug-likeness (QED) is 0.512. The van der Waals surface area contributed by atoms with Gasteiger partial charge in [0, 0.05) is 13.1 Å². The van der Waals surface area contributed by atoms with Gasteiger partial charge in [-0.05, 0) is 37.1 Å². The molecule has 1 aromatic rings. The van der Waals surface area contributed by atoms with Gasteiger partial charge >= 0.3 is 0 Å². The smallest absolute Gasteiger partial charge is 0.142 e. The molecule has 0 N–H and O–H groups in total. The number of hydrogen-bond acceptors (Lipinski definition) is 3. The molecular formula is C18H29NOS. The molecule has 118 valence electrons. The van der Waals surface area contributed by atoms with Crippen molar-refractivity contribution < 1.29 is 4.74 Å². The van der Waals surface area contributed by atoms with Crippen LogP contribution in [0.1, 0.15) is 51.4 Å². The minimum atomic E-state index is 0.846. The monoisotopic (exact) mass is 307 g/mol. The molecule has 1 aliphatic heterocycles. The van der Waals surface area contributed by atoms with Gasteiger partial charge in [0.25, 0.3) is 0 Å². The van der Waals surface area contributed by atoms with Crippen LogP contribution in [0.25, 0.3) is 0 Å². The van der Waals surface area contributed by atoms with Crippen LogP contribution < -0.4 is 9.64 Å². The van der Waals surface area contributed by atoms with E-state index >= 15 is 0 Å². The summed E-state index contributed by atoms with van der Waals surface area (Å²) in [6.07, 6.45) is 10.5. The number of para-hydroxylation sites is 2. The zero-order valence-electron chi connectivity index (χ0n) is 13.1. The second-order valence-corrected chi connectivity index (χ2v) is 6.30. The standard InChI is InChI=1S/C18H29NOS/c21-16-9-5-3-1-2-4-8-13-19-14-10-15-20-18-12-7-6-11-17(18)19/h6-7,11-12,21H,1-5,8-10,13-16H2. The zero-order chi connectivity index (χ0) is 14.8. The maximum atomic E-state index is 5.81. The number of unbranched alkanes of at least 4 members (excludes halogenated alkanes) is 6. The molecule has 1 heterocycles. The maximum Gasteiger partial charge on any atom is 0.142 e. The number of anilines is 1. The van der Waals surface area contributed by atoms with Gasteiger partial charge in [0.2, 0.25) is 0 Å². The molecule has 0 saturated carbocycles. The summed E-state index contributed by atoms with van der Waals surface area (Å²) in [4.78, 5) is 2.50. The predicted octanol–water partition coefficient (Wildman–Crippen LogP) is 4.94. The van der Waals surface area contributed by atoms with Crippen molar-refractivity contribution >= 4 is 18.3 Å². The summed E-state index contributed by atoms with van der Waals surface area (Å²) >= 11 is 4.25. The largest absolute Gasteiger partial charge is 0.491 e. The molecule has 0 aromatic heterocycles. The second kappa shape index (κ2) is 9.99. The molecule has 0 fully saturated rings. The van der Waals surface area contributed by atoms with Crippen LogP contribution in [-0.4, -0.2) is 25.4 Å². The lowest BCUT2D eigenvalue weighted by Gasteiger charge is -2.23. The number of hydrogen-bond donors (Lipinski definition) is 1. The van der Waals surface area contributed by atoms with E-state index < -0.39 is 0 Å². The first-order valence-electron chi connectivity index (χ1n) is 8.49. The molecule has 1 aromatic carbocycles. The Labute approximate surface area is 135 Å². The molecule has 0 bridgehead atoms. The van der Waals surface area contributed by atoms with Crippen molar-refractivity contribution in [2.45, 2.75) is 51.4 Å². The molecule has 0 amide bonds. The lowest BCUT2D eigenvalue weighted by molar-refractivity contribution is 0.322. The van der Waals surface area contributed by atoms with E-state index in [2.05, 4.69) is 41.8 Å². The topological polar surface area (TPSA) is 12.5 Å². The molecular weight excluding hydrogens is 278 g/mol. The zero-order valence-corrected chi connectivity index (χ0v) is 14.0. The molecule has 0 saturated heterocycles. The fourth-order valence-electron chi connectivity index (χ4n) is 2.93. The van der Waals surface area contributed by atoms with Crippen LogP contribution in [0.15, 0.2) is 24.3 Å². The van der Waals surface area contributed by atoms with Crippen molar-refractivity contribution in [3.63, 3.8) is 0 Å². The summed E-state index contributed by atoms with van der Waals surface area (Å²) in [7, 11) is 0.